The van der Waals surface area contributed by atoms with Crippen molar-refractivity contribution in [1.29, 1.82) is 0 Å². The van der Waals surface area contributed by atoms with E-state index in [2.05, 4.69) is 15.3 Å². The van der Waals surface area contributed by atoms with Gasteiger partial charge in [0.15, 0.2) is 0 Å². The second kappa shape index (κ2) is 4.44. The van der Waals surface area contributed by atoms with E-state index >= 15 is 0 Å². The molecule has 1 aliphatic carbocycles. The van der Waals surface area contributed by atoms with E-state index in [0.717, 1.165) is 19.3 Å². The first-order chi connectivity index (χ1) is 7.31. The highest BCUT2D eigenvalue weighted by Gasteiger charge is 2.28. The Balaban J connectivity index is 1.94. The van der Waals surface area contributed by atoms with Crippen LogP contribution in [0.15, 0.2) is 12.5 Å². The number of aromatic nitrogens is 2. The Bertz CT molecular complexity index is 323. The number of carbonyl (C=O) groups excluding carboxylic acids is 1. The molecule has 2 rings (SSSR count). The van der Waals surface area contributed by atoms with Gasteiger partial charge < -0.3 is 15.4 Å². The summed E-state index contributed by atoms with van der Waals surface area (Å²) in [5.74, 6) is 0.0646. The maximum atomic E-state index is 11.7. The van der Waals surface area contributed by atoms with Crippen LogP contribution in [0.4, 0.5) is 0 Å². The minimum atomic E-state index is -0.141. The molecule has 1 saturated carbocycles. The Kier molecular flexibility index (Phi) is 3.01. The van der Waals surface area contributed by atoms with E-state index in [-0.39, 0.29) is 24.5 Å². The molecule has 82 valence electrons. The van der Waals surface area contributed by atoms with E-state index in [0.29, 0.717) is 5.69 Å². The zero-order valence-electron chi connectivity index (χ0n) is 8.44. The zero-order chi connectivity index (χ0) is 10.7. The Hall–Kier alpha value is -1.36. The summed E-state index contributed by atoms with van der Waals surface area (Å²) in [6.07, 6.45) is 5.99. The highest BCUT2D eigenvalue weighted by Crippen LogP contribution is 2.25. The minimum absolute atomic E-state index is 0.103. The summed E-state index contributed by atoms with van der Waals surface area (Å²) in [4.78, 5) is 18.2. The van der Waals surface area contributed by atoms with Crippen molar-refractivity contribution in [3.63, 3.8) is 0 Å². The number of amides is 1. The first kappa shape index (κ1) is 10.2. The van der Waals surface area contributed by atoms with Crippen molar-refractivity contribution in [3.8, 4) is 0 Å². The number of aliphatic hydroxyl groups is 1. The van der Waals surface area contributed by atoms with Crippen LogP contribution in [0.1, 0.15) is 29.8 Å². The van der Waals surface area contributed by atoms with Gasteiger partial charge in [-0.15, -0.1) is 0 Å². The van der Waals surface area contributed by atoms with Gasteiger partial charge in [-0.2, -0.15) is 0 Å². The molecular weight excluding hydrogens is 194 g/mol. The first-order valence-electron chi connectivity index (χ1n) is 5.21. The number of aromatic amines is 1. The fourth-order valence-electron chi connectivity index (χ4n) is 2.07. The molecule has 0 aromatic carbocycles. The smallest absolute Gasteiger partial charge is 0.269 e. The van der Waals surface area contributed by atoms with Crippen molar-refractivity contribution in [1.82, 2.24) is 15.3 Å². The SMILES string of the molecule is O=C(NC1CCCC1CO)c1cnc[nH]1. The Morgan fingerprint density at radius 1 is 1.67 bits per heavy atom. The van der Waals surface area contributed by atoms with Gasteiger partial charge in [-0.05, 0) is 12.8 Å². The molecule has 1 aromatic heterocycles. The molecule has 0 radical (unpaired) electrons. The minimum Gasteiger partial charge on any atom is -0.396 e. The maximum absolute atomic E-state index is 11.7. The topological polar surface area (TPSA) is 78.0 Å². The molecule has 5 heteroatoms. The summed E-state index contributed by atoms with van der Waals surface area (Å²) in [6.45, 7) is 0.147. The second-order valence-electron chi connectivity index (χ2n) is 3.92. The van der Waals surface area contributed by atoms with Crippen LogP contribution in [0.3, 0.4) is 0 Å². The Morgan fingerprint density at radius 3 is 3.20 bits per heavy atom. The zero-order valence-corrected chi connectivity index (χ0v) is 8.44. The maximum Gasteiger partial charge on any atom is 0.269 e. The number of imidazole rings is 1. The number of rotatable bonds is 3. The number of hydrogen-bond donors (Lipinski definition) is 3. The summed E-state index contributed by atoms with van der Waals surface area (Å²) in [5, 5.41) is 12.0. The van der Waals surface area contributed by atoms with Crippen molar-refractivity contribution >= 4 is 5.91 Å². The average molecular weight is 209 g/mol. The molecule has 0 bridgehead atoms. The predicted molar refractivity (Wildman–Crippen MR) is 54.3 cm³/mol. The normalized spacial score (nSPS) is 25.4. The number of nitrogens with zero attached hydrogens (tertiary/aromatic N) is 1. The third-order valence-electron chi connectivity index (χ3n) is 2.95. The number of aliphatic hydroxyl groups excluding tert-OH is 1. The fraction of sp³-hybridized carbons (Fsp3) is 0.600. The summed E-state index contributed by atoms with van der Waals surface area (Å²) in [7, 11) is 0. The third-order valence-corrected chi connectivity index (χ3v) is 2.95. The number of hydrogen-bond acceptors (Lipinski definition) is 3. The molecule has 1 heterocycles. The summed E-state index contributed by atoms with van der Waals surface area (Å²) < 4.78 is 0. The molecule has 1 fully saturated rings. The van der Waals surface area contributed by atoms with Crippen LogP contribution < -0.4 is 5.32 Å². The Morgan fingerprint density at radius 2 is 2.53 bits per heavy atom. The van der Waals surface area contributed by atoms with Crippen LogP contribution in [0.2, 0.25) is 0 Å². The van der Waals surface area contributed by atoms with E-state index in [1.807, 2.05) is 0 Å². The van der Waals surface area contributed by atoms with E-state index < -0.39 is 0 Å². The van der Waals surface area contributed by atoms with Gasteiger partial charge in [0.2, 0.25) is 0 Å². The monoisotopic (exact) mass is 209 g/mol. The lowest BCUT2D eigenvalue weighted by atomic mass is 10.1. The van der Waals surface area contributed by atoms with Crippen molar-refractivity contribution < 1.29 is 9.90 Å². The van der Waals surface area contributed by atoms with Crippen LogP contribution in [-0.4, -0.2) is 33.6 Å². The Labute approximate surface area is 87.9 Å². The van der Waals surface area contributed by atoms with E-state index in [4.69, 9.17) is 5.11 Å². The van der Waals surface area contributed by atoms with Gasteiger partial charge in [0.1, 0.15) is 5.69 Å². The summed E-state index contributed by atoms with van der Waals surface area (Å²) >= 11 is 0. The standard InChI is InChI=1S/C10H15N3O2/c14-5-7-2-1-3-8(7)13-10(15)9-4-11-6-12-9/h4,6-8,14H,1-3,5H2,(H,11,12)(H,13,15). The lowest BCUT2D eigenvalue weighted by Crippen LogP contribution is -2.38. The molecule has 1 aromatic rings. The quantitative estimate of drug-likeness (QED) is 0.670. The van der Waals surface area contributed by atoms with E-state index in [1.165, 1.54) is 12.5 Å². The van der Waals surface area contributed by atoms with Crippen molar-refractivity contribution in [3.05, 3.63) is 18.2 Å². The lowest BCUT2D eigenvalue weighted by Gasteiger charge is -2.18. The number of nitrogens with one attached hydrogen (secondary N) is 2. The molecule has 2 unspecified atom stereocenters. The molecule has 3 N–H and O–H groups in total. The van der Waals surface area contributed by atoms with Gasteiger partial charge >= 0.3 is 0 Å². The fourth-order valence-corrected chi connectivity index (χ4v) is 2.07. The van der Waals surface area contributed by atoms with Gasteiger partial charge in [-0.1, -0.05) is 6.42 Å². The van der Waals surface area contributed by atoms with E-state index in [1.54, 1.807) is 0 Å². The van der Waals surface area contributed by atoms with Crippen LogP contribution >= 0.6 is 0 Å². The highest BCUT2D eigenvalue weighted by molar-refractivity contribution is 5.92. The molecule has 1 amide bonds. The lowest BCUT2D eigenvalue weighted by molar-refractivity contribution is 0.0911. The molecule has 0 saturated heterocycles. The van der Waals surface area contributed by atoms with Gasteiger partial charge in [0, 0.05) is 18.6 Å². The van der Waals surface area contributed by atoms with Gasteiger partial charge in [0.05, 0.1) is 12.5 Å². The predicted octanol–water partition coefficient (Wildman–Crippen LogP) is 0.300. The van der Waals surface area contributed by atoms with E-state index in [9.17, 15) is 4.79 Å². The third kappa shape index (κ3) is 2.18. The molecule has 2 atom stereocenters. The van der Waals surface area contributed by atoms with Gasteiger partial charge in [-0.25, -0.2) is 4.98 Å². The number of carbonyl (C=O) groups is 1. The summed E-state index contributed by atoms with van der Waals surface area (Å²) in [6, 6.07) is 0.103. The second-order valence-corrected chi connectivity index (χ2v) is 3.92. The van der Waals surface area contributed by atoms with Crippen molar-refractivity contribution in [2.45, 2.75) is 25.3 Å². The molecule has 5 nitrogen and oxygen atoms in total. The molecule has 15 heavy (non-hydrogen) atoms. The number of H-pyrrole nitrogens is 1. The molecule has 0 aliphatic heterocycles. The first-order valence-corrected chi connectivity index (χ1v) is 5.21. The molecular formula is C10H15N3O2. The van der Waals surface area contributed by atoms with Gasteiger partial charge in [-0.3, -0.25) is 4.79 Å². The largest absolute Gasteiger partial charge is 0.396 e. The van der Waals surface area contributed by atoms with Crippen LogP contribution in [0, 0.1) is 5.92 Å². The van der Waals surface area contributed by atoms with Crippen molar-refractivity contribution in [2.24, 2.45) is 5.92 Å². The van der Waals surface area contributed by atoms with Crippen LogP contribution in [-0.2, 0) is 0 Å². The molecule has 1 aliphatic rings. The van der Waals surface area contributed by atoms with Crippen LogP contribution in [0.5, 0.6) is 0 Å². The van der Waals surface area contributed by atoms with Gasteiger partial charge in [0.25, 0.3) is 5.91 Å². The van der Waals surface area contributed by atoms with Crippen LogP contribution in [0.25, 0.3) is 0 Å². The highest BCUT2D eigenvalue weighted by atomic mass is 16.3. The molecule has 0 spiro atoms. The average Bonchev–Trinajstić information content (AvgIpc) is 2.87. The van der Waals surface area contributed by atoms with Crippen molar-refractivity contribution in [2.75, 3.05) is 6.61 Å². The summed E-state index contributed by atoms with van der Waals surface area (Å²) in [5.41, 5.74) is 0.471.